The van der Waals surface area contributed by atoms with Crippen molar-refractivity contribution in [1.29, 1.82) is 0 Å². The molecule has 0 spiro atoms. The molecule has 0 aliphatic rings. The Hall–Kier alpha value is -1.27. The van der Waals surface area contributed by atoms with Crippen LogP contribution in [-0.4, -0.2) is 21.7 Å². The molecule has 0 unspecified atom stereocenters. The number of hydrogen-bond donors (Lipinski definition) is 1. The highest BCUT2D eigenvalue weighted by Gasteiger charge is 2.15. The van der Waals surface area contributed by atoms with E-state index < -0.39 is 0 Å². The van der Waals surface area contributed by atoms with E-state index in [2.05, 4.69) is 44.9 Å². The van der Waals surface area contributed by atoms with Crippen LogP contribution in [0.3, 0.4) is 0 Å². The van der Waals surface area contributed by atoms with E-state index in [4.69, 9.17) is 10.3 Å². The quantitative estimate of drug-likeness (QED) is 0.875. The van der Waals surface area contributed by atoms with Crippen molar-refractivity contribution in [2.24, 2.45) is 17.6 Å². The van der Waals surface area contributed by atoms with Gasteiger partial charge in [0.05, 0.1) is 0 Å². The van der Waals surface area contributed by atoms with E-state index in [1.54, 1.807) is 12.4 Å². The van der Waals surface area contributed by atoms with Gasteiger partial charge >= 0.3 is 0 Å². The van der Waals surface area contributed by atoms with Gasteiger partial charge in [-0.3, -0.25) is 4.98 Å². The maximum atomic E-state index is 5.80. The Bertz CT molecular complexity index is 556. The van der Waals surface area contributed by atoms with E-state index in [-0.39, 0.29) is 0 Å². The molecule has 2 aromatic heterocycles. The summed E-state index contributed by atoms with van der Waals surface area (Å²) in [5, 5.41) is 4.01. The molecular weight excluding hydrogens is 320 g/mol. The molecule has 2 rings (SSSR count). The van der Waals surface area contributed by atoms with Crippen LogP contribution in [0.4, 0.5) is 0 Å². The van der Waals surface area contributed by atoms with Crippen LogP contribution in [0.15, 0.2) is 27.5 Å². The summed E-state index contributed by atoms with van der Waals surface area (Å²) in [4.78, 5) is 8.52. The van der Waals surface area contributed by atoms with Gasteiger partial charge < -0.3 is 10.3 Å². The molecule has 0 amide bonds. The summed E-state index contributed by atoms with van der Waals surface area (Å²) in [5.74, 6) is 2.19. The number of aromatic nitrogens is 3. The lowest BCUT2D eigenvalue weighted by Gasteiger charge is -2.14. The first-order valence-electron chi connectivity index (χ1n) is 6.72. The van der Waals surface area contributed by atoms with Gasteiger partial charge in [0.15, 0.2) is 0 Å². The predicted octanol–water partition coefficient (Wildman–Crippen LogP) is 3.06. The Balaban J connectivity index is 2.09. The summed E-state index contributed by atoms with van der Waals surface area (Å²) in [5.41, 5.74) is 6.64. The third kappa shape index (κ3) is 4.11. The number of pyridine rings is 1. The van der Waals surface area contributed by atoms with E-state index in [9.17, 15) is 0 Å². The molecule has 0 aromatic carbocycles. The van der Waals surface area contributed by atoms with E-state index in [1.807, 2.05) is 6.07 Å². The van der Waals surface area contributed by atoms with E-state index in [0.29, 0.717) is 30.1 Å². The molecule has 2 aromatic rings. The van der Waals surface area contributed by atoms with Gasteiger partial charge in [-0.1, -0.05) is 19.0 Å². The van der Waals surface area contributed by atoms with Crippen molar-refractivity contribution < 1.29 is 4.52 Å². The molecule has 20 heavy (non-hydrogen) atoms. The predicted molar refractivity (Wildman–Crippen MR) is 80.9 cm³/mol. The topological polar surface area (TPSA) is 77.8 Å². The highest BCUT2D eigenvalue weighted by Crippen LogP contribution is 2.21. The minimum absolute atomic E-state index is 0.379. The maximum Gasteiger partial charge on any atom is 0.227 e. The summed E-state index contributed by atoms with van der Waals surface area (Å²) < 4.78 is 6.20. The van der Waals surface area contributed by atoms with Crippen LogP contribution in [0.2, 0.25) is 0 Å². The summed E-state index contributed by atoms with van der Waals surface area (Å²) in [7, 11) is 0. The molecule has 0 saturated heterocycles. The zero-order chi connectivity index (χ0) is 14.5. The van der Waals surface area contributed by atoms with Crippen LogP contribution in [0.25, 0.3) is 11.4 Å². The van der Waals surface area contributed by atoms with Gasteiger partial charge in [-0.25, -0.2) is 0 Å². The van der Waals surface area contributed by atoms with E-state index in [1.165, 1.54) is 0 Å². The van der Waals surface area contributed by atoms with Gasteiger partial charge in [0.1, 0.15) is 0 Å². The number of hydrogen-bond acceptors (Lipinski definition) is 5. The minimum Gasteiger partial charge on any atom is -0.339 e. The lowest BCUT2D eigenvalue weighted by molar-refractivity contribution is 0.332. The molecule has 0 bridgehead atoms. The van der Waals surface area contributed by atoms with E-state index >= 15 is 0 Å². The molecule has 1 atom stereocenters. The zero-order valence-electron chi connectivity index (χ0n) is 11.7. The first-order valence-corrected chi connectivity index (χ1v) is 7.51. The zero-order valence-corrected chi connectivity index (χ0v) is 13.3. The average molecular weight is 339 g/mol. The van der Waals surface area contributed by atoms with E-state index in [0.717, 1.165) is 22.9 Å². The van der Waals surface area contributed by atoms with Crippen LogP contribution in [0.5, 0.6) is 0 Å². The molecule has 0 saturated carbocycles. The van der Waals surface area contributed by atoms with Crippen molar-refractivity contribution >= 4 is 15.9 Å². The molecule has 5 nitrogen and oxygen atoms in total. The van der Waals surface area contributed by atoms with Gasteiger partial charge in [0.25, 0.3) is 0 Å². The van der Waals surface area contributed by atoms with Crippen LogP contribution < -0.4 is 5.73 Å². The van der Waals surface area contributed by atoms with Crippen molar-refractivity contribution in [2.75, 3.05) is 6.54 Å². The van der Waals surface area contributed by atoms with Crippen molar-refractivity contribution in [3.05, 3.63) is 28.8 Å². The van der Waals surface area contributed by atoms with Crippen molar-refractivity contribution in [1.82, 2.24) is 15.1 Å². The van der Waals surface area contributed by atoms with Crippen molar-refractivity contribution in [3.8, 4) is 11.4 Å². The average Bonchev–Trinajstić information content (AvgIpc) is 2.86. The second-order valence-electron chi connectivity index (χ2n) is 5.34. The highest BCUT2D eigenvalue weighted by molar-refractivity contribution is 9.10. The van der Waals surface area contributed by atoms with Gasteiger partial charge in [-0.15, -0.1) is 0 Å². The van der Waals surface area contributed by atoms with Crippen LogP contribution in [0.1, 0.15) is 26.2 Å². The molecule has 0 aliphatic heterocycles. The number of halogens is 1. The molecule has 0 fully saturated rings. The largest absolute Gasteiger partial charge is 0.339 e. The first kappa shape index (κ1) is 15.1. The Labute approximate surface area is 127 Å². The summed E-state index contributed by atoms with van der Waals surface area (Å²) in [6.07, 6.45) is 5.22. The van der Waals surface area contributed by atoms with Crippen LogP contribution in [-0.2, 0) is 6.42 Å². The SMILES string of the molecule is CC(C)C[C@H](CN)Cc1nc(-c2cncc(Br)c2)no1. The highest BCUT2D eigenvalue weighted by atomic mass is 79.9. The Morgan fingerprint density at radius 3 is 2.80 bits per heavy atom. The third-order valence-corrected chi connectivity index (χ3v) is 3.47. The second-order valence-corrected chi connectivity index (χ2v) is 6.25. The summed E-state index contributed by atoms with van der Waals surface area (Å²) in [6.45, 7) is 5.01. The molecule has 0 aliphatic carbocycles. The Morgan fingerprint density at radius 2 is 2.15 bits per heavy atom. The third-order valence-electron chi connectivity index (χ3n) is 3.03. The van der Waals surface area contributed by atoms with Gasteiger partial charge in [-0.05, 0) is 46.8 Å². The summed E-state index contributed by atoms with van der Waals surface area (Å²) in [6, 6.07) is 1.91. The Kier molecular flexibility index (Phi) is 5.25. The molecule has 6 heteroatoms. The lowest BCUT2D eigenvalue weighted by atomic mass is 9.94. The molecular formula is C14H19BrN4O. The minimum atomic E-state index is 0.379. The smallest absolute Gasteiger partial charge is 0.227 e. The Morgan fingerprint density at radius 1 is 1.35 bits per heavy atom. The first-order chi connectivity index (χ1) is 9.58. The van der Waals surface area contributed by atoms with Crippen LogP contribution in [0, 0.1) is 11.8 Å². The fourth-order valence-electron chi connectivity index (χ4n) is 2.17. The fraction of sp³-hybridized carbons (Fsp3) is 0.500. The maximum absolute atomic E-state index is 5.80. The van der Waals surface area contributed by atoms with Gasteiger partial charge in [-0.2, -0.15) is 4.98 Å². The lowest BCUT2D eigenvalue weighted by Crippen LogP contribution is -2.19. The van der Waals surface area contributed by atoms with Gasteiger partial charge in [0, 0.05) is 28.9 Å². The number of nitrogens with two attached hydrogens (primary N) is 1. The normalized spacial score (nSPS) is 12.8. The van der Waals surface area contributed by atoms with Crippen molar-refractivity contribution in [2.45, 2.75) is 26.7 Å². The molecule has 2 heterocycles. The number of rotatable bonds is 6. The van der Waals surface area contributed by atoms with Crippen molar-refractivity contribution in [3.63, 3.8) is 0 Å². The standard InChI is InChI=1S/C14H19BrN4O/c1-9(2)3-10(6-16)4-13-18-14(19-20-13)11-5-12(15)8-17-7-11/h5,7-10H,3-4,6,16H2,1-2H3/t10-/m0/s1. The molecule has 2 N–H and O–H groups in total. The number of nitrogens with zero attached hydrogens (tertiary/aromatic N) is 3. The summed E-state index contributed by atoms with van der Waals surface area (Å²) >= 11 is 3.38. The monoisotopic (exact) mass is 338 g/mol. The molecule has 108 valence electrons. The van der Waals surface area contributed by atoms with Gasteiger partial charge in [0.2, 0.25) is 11.7 Å². The second kappa shape index (κ2) is 6.95. The molecule has 0 radical (unpaired) electrons. The van der Waals surface area contributed by atoms with Crippen LogP contribution >= 0.6 is 15.9 Å². The fourth-order valence-corrected chi connectivity index (χ4v) is 2.53.